The monoisotopic (exact) mass is 403 g/mol. The first kappa shape index (κ1) is 20.6. The SMILES string of the molecule is C[C@@H]1CN(C(=O)O)C[C@H](C)N1CC(=O)Nc1ccc(N2CCC(=O)NC2=O)cc1. The Kier molecular flexibility index (Phi) is 6.02. The van der Waals surface area contributed by atoms with E-state index in [2.05, 4.69) is 10.6 Å². The highest BCUT2D eigenvalue weighted by atomic mass is 16.4. The van der Waals surface area contributed by atoms with Crippen molar-refractivity contribution >= 4 is 35.3 Å². The number of rotatable bonds is 4. The van der Waals surface area contributed by atoms with Crippen LogP contribution < -0.4 is 15.5 Å². The molecule has 3 N–H and O–H groups in total. The van der Waals surface area contributed by atoms with Crippen LogP contribution in [-0.2, 0) is 9.59 Å². The maximum Gasteiger partial charge on any atom is 0.407 e. The quantitative estimate of drug-likeness (QED) is 0.693. The fourth-order valence-corrected chi connectivity index (χ4v) is 3.73. The maximum atomic E-state index is 12.5. The van der Waals surface area contributed by atoms with Gasteiger partial charge >= 0.3 is 12.1 Å². The van der Waals surface area contributed by atoms with Gasteiger partial charge < -0.3 is 15.3 Å². The van der Waals surface area contributed by atoms with Crippen LogP contribution >= 0.6 is 0 Å². The zero-order valence-electron chi connectivity index (χ0n) is 16.4. The Morgan fingerprint density at radius 1 is 1.14 bits per heavy atom. The van der Waals surface area contributed by atoms with Crippen LogP contribution in [0.5, 0.6) is 0 Å². The van der Waals surface area contributed by atoms with E-state index in [1.165, 1.54) is 9.80 Å². The molecule has 10 nitrogen and oxygen atoms in total. The van der Waals surface area contributed by atoms with Gasteiger partial charge in [-0.1, -0.05) is 0 Å². The van der Waals surface area contributed by atoms with Crippen molar-refractivity contribution in [2.75, 3.05) is 36.4 Å². The van der Waals surface area contributed by atoms with Crippen LogP contribution in [0.3, 0.4) is 0 Å². The van der Waals surface area contributed by atoms with Crippen molar-refractivity contribution in [3.63, 3.8) is 0 Å². The molecule has 0 radical (unpaired) electrons. The summed E-state index contributed by atoms with van der Waals surface area (Å²) in [5.41, 5.74) is 1.23. The van der Waals surface area contributed by atoms with E-state index in [-0.39, 0.29) is 36.9 Å². The van der Waals surface area contributed by atoms with Gasteiger partial charge in [-0.3, -0.25) is 24.7 Å². The molecule has 2 fully saturated rings. The number of piperazine rings is 1. The van der Waals surface area contributed by atoms with Crippen molar-refractivity contribution in [1.82, 2.24) is 15.1 Å². The van der Waals surface area contributed by atoms with E-state index < -0.39 is 12.1 Å². The Morgan fingerprint density at radius 3 is 2.31 bits per heavy atom. The summed E-state index contributed by atoms with van der Waals surface area (Å²) in [4.78, 5) is 51.6. The summed E-state index contributed by atoms with van der Waals surface area (Å²) in [5.74, 6) is -0.482. The normalized spacial score (nSPS) is 23.0. The second-order valence-electron chi connectivity index (χ2n) is 7.41. The van der Waals surface area contributed by atoms with Gasteiger partial charge in [0.15, 0.2) is 0 Å². The Morgan fingerprint density at radius 2 is 1.76 bits per heavy atom. The number of urea groups is 1. The second kappa shape index (κ2) is 8.48. The number of hydrogen-bond acceptors (Lipinski definition) is 5. The number of carbonyl (C=O) groups is 4. The predicted octanol–water partition coefficient (Wildman–Crippen LogP) is 1.14. The lowest BCUT2D eigenvalue weighted by atomic mass is 10.1. The standard InChI is InChI=1S/C19H25N5O5/c1-12-9-22(19(28)29)10-13(2)24(12)11-17(26)20-14-3-5-15(6-4-14)23-8-7-16(25)21-18(23)27/h3-6,12-13H,7-11H2,1-2H3,(H,20,26)(H,28,29)(H,21,25,27)/t12-,13+. The Labute approximate surface area is 168 Å². The lowest BCUT2D eigenvalue weighted by molar-refractivity contribution is -0.120. The molecule has 0 spiro atoms. The number of amides is 5. The molecule has 2 aliphatic rings. The minimum absolute atomic E-state index is 0.0664. The highest BCUT2D eigenvalue weighted by Crippen LogP contribution is 2.21. The van der Waals surface area contributed by atoms with Crippen molar-refractivity contribution in [3.05, 3.63) is 24.3 Å². The molecule has 2 aliphatic heterocycles. The zero-order chi connectivity index (χ0) is 21.1. The number of hydrogen-bond donors (Lipinski definition) is 3. The Bertz CT molecular complexity index is 800. The molecule has 2 atom stereocenters. The number of carboxylic acid groups (broad SMARTS) is 1. The van der Waals surface area contributed by atoms with Gasteiger partial charge in [0.1, 0.15) is 0 Å². The average Bonchev–Trinajstić information content (AvgIpc) is 2.65. The summed E-state index contributed by atoms with van der Waals surface area (Å²) in [7, 11) is 0. The van der Waals surface area contributed by atoms with Crippen molar-refractivity contribution in [1.29, 1.82) is 0 Å². The van der Waals surface area contributed by atoms with Gasteiger partial charge in [-0.15, -0.1) is 0 Å². The van der Waals surface area contributed by atoms with Crippen molar-refractivity contribution in [3.8, 4) is 0 Å². The number of nitrogens with one attached hydrogen (secondary N) is 2. The van der Waals surface area contributed by atoms with E-state index in [1.54, 1.807) is 24.3 Å². The molecular weight excluding hydrogens is 378 g/mol. The first-order chi connectivity index (χ1) is 13.7. The molecule has 0 aliphatic carbocycles. The van der Waals surface area contributed by atoms with Gasteiger partial charge in [-0.05, 0) is 38.1 Å². The van der Waals surface area contributed by atoms with E-state index >= 15 is 0 Å². The number of carbonyl (C=O) groups excluding carboxylic acids is 3. The van der Waals surface area contributed by atoms with E-state index in [4.69, 9.17) is 5.11 Å². The van der Waals surface area contributed by atoms with Gasteiger partial charge in [0.05, 0.1) is 6.54 Å². The molecule has 2 heterocycles. The smallest absolute Gasteiger partial charge is 0.407 e. The van der Waals surface area contributed by atoms with Crippen molar-refractivity contribution in [2.24, 2.45) is 0 Å². The number of benzene rings is 1. The Balaban J connectivity index is 1.56. The van der Waals surface area contributed by atoms with Crippen LogP contribution in [0.1, 0.15) is 20.3 Å². The maximum absolute atomic E-state index is 12.5. The molecule has 156 valence electrons. The Hall–Kier alpha value is -3.14. The largest absolute Gasteiger partial charge is 0.465 e. The van der Waals surface area contributed by atoms with Gasteiger partial charge in [0, 0.05) is 49.5 Å². The minimum atomic E-state index is -0.945. The van der Waals surface area contributed by atoms with E-state index in [9.17, 15) is 19.2 Å². The molecule has 1 aromatic rings. The molecule has 0 unspecified atom stereocenters. The van der Waals surface area contributed by atoms with Crippen molar-refractivity contribution < 1.29 is 24.3 Å². The van der Waals surface area contributed by atoms with Crippen molar-refractivity contribution in [2.45, 2.75) is 32.4 Å². The summed E-state index contributed by atoms with van der Waals surface area (Å²) in [5, 5.41) is 14.3. The number of nitrogens with zero attached hydrogens (tertiary/aromatic N) is 3. The summed E-state index contributed by atoms with van der Waals surface area (Å²) < 4.78 is 0. The van der Waals surface area contributed by atoms with Crippen LogP contribution in [0.4, 0.5) is 21.0 Å². The minimum Gasteiger partial charge on any atom is -0.465 e. The van der Waals surface area contributed by atoms with Crippen LogP contribution in [0.15, 0.2) is 24.3 Å². The summed E-state index contributed by atoms with van der Waals surface area (Å²) in [6.07, 6.45) is -0.699. The van der Waals surface area contributed by atoms with Gasteiger partial charge in [-0.25, -0.2) is 9.59 Å². The van der Waals surface area contributed by atoms with Crippen LogP contribution in [0.2, 0.25) is 0 Å². The van der Waals surface area contributed by atoms with Gasteiger partial charge in [0.25, 0.3) is 0 Å². The highest BCUT2D eigenvalue weighted by Gasteiger charge is 2.32. The molecule has 0 aromatic heterocycles. The third-order valence-corrected chi connectivity index (χ3v) is 5.21. The molecule has 10 heteroatoms. The van der Waals surface area contributed by atoms with Crippen LogP contribution in [-0.4, -0.2) is 77.1 Å². The summed E-state index contributed by atoms with van der Waals surface area (Å²) in [6.45, 7) is 5.01. The van der Waals surface area contributed by atoms with Crippen LogP contribution in [0, 0.1) is 0 Å². The number of anilines is 2. The molecule has 3 rings (SSSR count). The topological polar surface area (TPSA) is 122 Å². The summed E-state index contributed by atoms with van der Waals surface area (Å²) >= 11 is 0. The second-order valence-corrected chi connectivity index (χ2v) is 7.41. The molecule has 0 bridgehead atoms. The first-order valence-corrected chi connectivity index (χ1v) is 9.49. The summed E-state index contributed by atoms with van der Waals surface area (Å²) in [6, 6.07) is 6.23. The molecule has 5 amide bonds. The molecule has 29 heavy (non-hydrogen) atoms. The number of imide groups is 1. The van der Waals surface area contributed by atoms with Gasteiger partial charge in [-0.2, -0.15) is 0 Å². The van der Waals surface area contributed by atoms with Gasteiger partial charge in [0.2, 0.25) is 11.8 Å². The third-order valence-electron chi connectivity index (χ3n) is 5.21. The van der Waals surface area contributed by atoms with E-state index in [0.717, 1.165) is 0 Å². The molecular formula is C19H25N5O5. The third kappa shape index (κ3) is 4.83. The fraction of sp³-hybridized carbons (Fsp3) is 0.474. The molecule has 2 saturated heterocycles. The zero-order valence-corrected chi connectivity index (χ0v) is 16.4. The lowest BCUT2D eigenvalue weighted by Gasteiger charge is -2.42. The van der Waals surface area contributed by atoms with E-state index in [0.29, 0.717) is 31.0 Å². The molecule has 1 aromatic carbocycles. The lowest BCUT2D eigenvalue weighted by Crippen LogP contribution is -2.59. The average molecular weight is 403 g/mol. The van der Waals surface area contributed by atoms with E-state index in [1.807, 2.05) is 18.7 Å². The first-order valence-electron chi connectivity index (χ1n) is 9.49. The predicted molar refractivity (Wildman–Crippen MR) is 106 cm³/mol. The highest BCUT2D eigenvalue weighted by molar-refractivity contribution is 6.05. The van der Waals surface area contributed by atoms with Crippen LogP contribution in [0.25, 0.3) is 0 Å². The molecule has 0 saturated carbocycles. The fourth-order valence-electron chi connectivity index (χ4n) is 3.73.